The summed E-state index contributed by atoms with van der Waals surface area (Å²) in [7, 11) is 0. The van der Waals surface area contributed by atoms with Crippen molar-refractivity contribution in [2.45, 2.75) is 18.4 Å². The van der Waals surface area contributed by atoms with E-state index in [-0.39, 0.29) is 29.1 Å². The zero-order valence-electron chi connectivity index (χ0n) is 15.4. The van der Waals surface area contributed by atoms with Crippen molar-refractivity contribution in [2.75, 3.05) is 5.32 Å². The lowest BCUT2D eigenvalue weighted by atomic mass is 9.75. The highest BCUT2D eigenvalue weighted by atomic mass is 16.6. The van der Waals surface area contributed by atoms with Crippen LogP contribution < -0.4 is 5.32 Å². The number of carbonyl (C=O) groups is 1. The quantitative estimate of drug-likeness (QED) is 0.500. The van der Waals surface area contributed by atoms with Crippen molar-refractivity contribution >= 4 is 17.3 Å². The number of para-hydroxylation sites is 1. The fourth-order valence-electron chi connectivity index (χ4n) is 4.90. The fraction of sp³-hybridized carbons (Fsp3) is 0.174. The highest BCUT2D eigenvalue weighted by molar-refractivity contribution is 5.96. The van der Waals surface area contributed by atoms with Gasteiger partial charge in [-0.1, -0.05) is 48.5 Å². The third-order valence-electron chi connectivity index (χ3n) is 6.13. The van der Waals surface area contributed by atoms with E-state index in [4.69, 9.17) is 0 Å². The zero-order valence-corrected chi connectivity index (χ0v) is 15.4. The number of nitro benzene ring substituents is 1. The minimum absolute atomic E-state index is 0.0439. The number of carboxylic acid groups (broad SMARTS) is 1. The van der Waals surface area contributed by atoms with E-state index in [9.17, 15) is 20.0 Å². The Morgan fingerprint density at radius 3 is 2.45 bits per heavy atom. The molecular weight excluding hydrogens is 368 g/mol. The Morgan fingerprint density at radius 1 is 1.00 bits per heavy atom. The van der Waals surface area contributed by atoms with Gasteiger partial charge in [-0.2, -0.15) is 0 Å². The molecule has 144 valence electrons. The molecule has 0 saturated carbocycles. The first-order valence-electron chi connectivity index (χ1n) is 9.49. The zero-order chi connectivity index (χ0) is 20.1. The predicted molar refractivity (Wildman–Crippen MR) is 108 cm³/mol. The molecule has 0 fully saturated rings. The summed E-state index contributed by atoms with van der Waals surface area (Å²) in [5.74, 6) is -0.686. The Balaban J connectivity index is 1.67. The number of nitro groups is 1. The second-order valence-corrected chi connectivity index (χ2v) is 7.59. The SMILES string of the molecule is O=C(O)c1cccc2c1NC(c1ccc([N+](=O)[O-])cc1)C1Cc3ccccc3C21. The summed E-state index contributed by atoms with van der Waals surface area (Å²) in [5, 5.41) is 24.2. The van der Waals surface area contributed by atoms with Crippen molar-refractivity contribution in [2.24, 2.45) is 5.92 Å². The Kier molecular flexibility index (Phi) is 3.87. The molecule has 6 heteroatoms. The molecule has 5 rings (SSSR count). The molecule has 3 unspecified atom stereocenters. The van der Waals surface area contributed by atoms with E-state index in [0.29, 0.717) is 5.69 Å². The van der Waals surface area contributed by atoms with E-state index in [1.54, 1.807) is 24.3 Å². The third kappa shape index (κ3) is 2.68. The van der Waals surface area contributed by atoms with Crippen LogP contribution in [0.25, 0.3) is 0 Å². The van der Waals surface area contributed by atoms with Crippen molar-refractivity contribution in [1.29, 1.82) is 0 Å². The second-order valence-electron chi connectivity index (χ2n) is 7.59. The minimum Gasteiger partial charge on any atom is -0.478 e. The number of aromatic carboxylic acids is 1. The Morgan fingerprint density at radius 2 is 1.72 bits per heavy atom. The Labute approximate surface area is 167 Å². The molecule has 0 spiro atoms. The molecule has 1 aliphatic carbocycles. The van der Waals surface area contributed by atoms with Crippen LogP contribution in [0.5, 0.6) is 0 Å². The molecule has 29 heavy (non-hydrogen) atoms. The van der Waals surface area contributed by atoms with Gasteiger partial charge in [-0.05, 0) is 40.7 Å². The molecule has 1 aliphatic heterocycles. The highest BCUT2D eigenvalue weighted by Gasteiger charge is 2.44. The van der Waals surface area contributed by atoms with Crippen LogP contribution >= 0.6 is 0 Å². The van der Waals surface area contributed by atoms with Crippen LogP contribution in [0.2, 0.25) is 0 Å². The number of rotatable bonds is 3. The van der Waals surface area contributed by atoms with E-state index < -0.39 is 10.9 Å². The smallest absolute Gasteiger partial charge is 0.337 e. The molecule has 3 aromatic rings. The van der Waals surface area contributed by atoms with Crippen LogP contribution in [0.3, 0.4) is 0 Å². The van der Waals surface area contributed by atoms with Crippen LogP contribution in [-0.4, -0.2) is 16.0 Å². The summed E-state index contributed by atoms with van der Waals surface area (Å²) in [4.78, 5) is 22.5. The molecule has 0 amide bonds. The first kappa shape index (κ1) is 17.4. The normalized spacial score (nSPS) is 21.4. The van der Waals surface area contributed by atoms with E-state index in [1.165, 1.54) is 23.3 Å². The first-order chi connectivity index (χ1) is 14.0. The molecule has 0 radical (unpaired) electrons. The van der Waals surface area contributed by atoms with E-state index in [0.717, 1.165) is 17.5 Å². The summed E-state index contributed by atoms with van der Waals surface area (Å²) in [6.07, 6.45) is 0.867. The lowest BCUT2D eigenvalue weighted by molar-refractivity contribution is -0.384. The Bertz CT molecular complexity index is 1140. The van der Waals surface area contributed by atoms with Crippen molar-refractivity contribution in [3.63, 3.8) is 0 Å². The molecule has 2 N–H and O–H groups in total. The highest BCUT2D eigenvalue weighted by Crippen LogP contribution is 2.54. The summed E-state index contributed by atoms with van der Waals surface area (Å²) < 4.78 is 0. The number of hydrogen-bond acceptors (Lipinski definition) is 4. The average molecular weight is 386 g/mol. The molecule has 1 heterocycles. The largest absolute Gasteiger partial charge is 0.478 e. The van der Waals surface area contributed by atoms with Gasteiger partial charge in [0.2, 0.25) is 0 Å². The van der Waals surface area contributed by atoms with Crippen molar-refractivity contribution < 1.29 is 14.8 Å². The van der Waals surface area contributed by atoms with Crippen LogP contribution in [0, 0.1) is 16.0 Å². The molecule has 0 aromatic heterocycles. The number of anilines is 1. The number of carboxylic acids is 1. The lowest BCUT2D eigenvalue weighted by Gasteiger charge is -2.38. The number of nitrogens with zero attached hydrogens (tertiary/aromatic N) is 1. The molecule has 0 bridgehead atoms. The molecule has 0 saturated heterocycles. The number of benzene rings is 3. The van der Waals surface area contributed by atoms with E-state index in [2.05, 4.69) is 17.4 Å². The molecule has 3 atom stereocenters. The van der Waals surface area contributed by atoms with Gasteiger partial charge in [0.15, 0.2) is 0 Å². The standard InChI is InChI=1S/C23H18N2O4/c26-23(27)18-7-3-6-17-20-16-5-2-1-4-14(16)12-19(20)21(24-22(17)18)13-8-10-15(11-9-13)25(28)29/h1-11,19-21,24H,12H2,(H,26,27). The maximum Gasteiger partial charge on any atom is 0.337 e. The summed E-state index contributed by atoms with van der Waals surface area (Å²) in [6.45, 7) is 0. The molecule has 3 aromatic carbocycles. The summed E-state index contributed by atoms with van der Waals surface area (Å²) >= 11 is 0. The van der Waals surface area contributed by atoms with E-state index >= 15 is 0 Å². The minimum atomic E-state index is -0.971. The van der Waals surface area contributed by atoms with Gasteiger partial charge in [-0.15, -0.1) is 0 Å². The lowest BCUT2D eigenvalue weighted by Crippen LogP contribution is -2.31. The first-order valence-corrected chi connectivity index (χ1v) is 9.49. The fourth-order valence-corrected chi connectivity index (χ4v) is 4.90. The van der Waals surface area contributed by atoms with Crippen molar-refractivity contribution in [3.05, 3.63) is 105 Å². The van der Waals surface area contributed by atoms with Crippen molar-refractivity contribution in [3.8, 4) is 0 Å². The average Bonchev–Trinajstić information content (AvgIpc) is 3.12. The molecule has 2 aliphatic rings. The number of fused-ring (bicyclic) bond motifs is 5. The van der Waals surface area contributed by atoms with E-state index in [1.807, 2.05) is 18.2 Å². The summed E-state index contributed by atoms with van der Waals surface area (Å²) in [5.41, 5.74) is 5.35. The number of hydrogen-bond donors (Lipinski definition) is 2. The number of nitrogens with one attached hydrogen (secondary N) is 1. The van der Waals surface area contributed by atoms with Gasteiger partial charge < -0.3 is 10.4 Å². The summed E-state index contributed by atoms with van der Waals surface area (Å²) in [6, 6.07) is 20.1. The van der Waals surface area contributed by atoms with Gasteiger partial charge in [0.25, 0.3) is 5.69 Å². The maximum absolute atomic E-state index is 11.9. The van der Waals surface area contributed by atoms with Gasteiger partial charge in [0.1, 0.15) is 0 Å². The van der Waals surface area contributed by atoms with Crippen LogP contribution in [0.4, 0.5) is 11.4 Å². The van der Waals surface area contributed by atoms with Gasteiger partial charge in [-0.3, -0.25) is 10.1 Å². The van der Waals surface area contributed by atoms with Gasteiger partial charge in [0.05, 0.1) is 22.2 Å². The van der Waals surface area contributed by atoms with Crippen LogP contribution in [-0.2, 0) is 6.42 Å². The second kappa shape index (κ2) is 6.44. The molecular formula is C23H18N2O4. The van der Waals surface area contributed by atoms with Crippen LogP contribution in [0.15, 0.2) is 66.7 Å². The van der Waals surface area contributed by atoms with Gasteiger partial charge in [0, 0.05) is 18.1 Å². The van der Waals surface area contributed by atoms with Gasteiger partial charge in [-0.25, -0.2) is 4.79 Å². The molecule has 6 nitrogen and oxygen atoms in total. The van der Waals surface area contributed by atoms with Crippen LogP contribution in [0.1, 0.15) is 44.6 Å². The van der Waals surface area contributed by atoms with Gasteiger partial charge >= 0.3 is 5.97 Å². The Hall–Kier alpha value is -3.67. The topological polar surface area (TPSA) is 92.5 Å². The number of non-ortho nitro benzene ring substituents is 1. The maximum atomic E-state index is 11.9. The monoisotopic (exact) mass is 386 g/mol. The van der Waals surface area contributed by atoms with Crippen molar-refractivity contribution in [1.82, 2.24) is 0 Å². The third-order valence-corrected chi connectivity index (χ3v) is 6.13. The predicted octanol–water partition coefficient (Wildman–Crippen LogP) is 4.76.